The van der Waals surface area contributed by atoms with E-state index in [0.29, 0.717) is 5.92 Å². The Kier molecular flexibility index (Phi) is 3.15. The van der Waals surface area contributed by atoms with Gasteiger partial charge in [-0.2, -0.15) is 0 Å². The zero-order valence-electron chi connectivity index (χ0n) is 12.3. The number of anilines is 1. The van der Waals surface area contributed by atoms with Crippen molar-refractivity contribution in [2.75, 3.05) is 4.90 Å². The Morgan fingerprint density at radius 2 is 1.60 bits per heavy atom. The second-order valence-electron chi connectivity index (χ2n) is 6.38. The summed E-state index contributed by atoms with van der Waals surface area (Å²) in [6.45, 7) is 6.11. The Morgan fingerprint density at radius 3 is 2.25 bits per heavy atom. The lowest BCUT2D eigenvalue weighted by molar-refractivity contribution is -0.122. The van der Waals surface area contributed by atoms with Gasteiger partial charge >= 0.3 is 0 Å². The molecule has 1 aliphatic heterocycles. The van der Waals surface area contributed by atoms with Gasteiger partial charge in [0.25, 0.3) is 0 Å². The first kappa shape index (κ1) is 13.3. The number of hydrogen-bond donors (Lipinski definition) is 0. The van der Waals surface area contributed by atoms with Crippen LogP contribution in [-0.4, -0.2) is 11.8 Å². The van der Waals surface area contributed by atoms with E-state index in [4.69, 9.17) is 0 Å². The summed E-state index contributed by atoms with van der Waals surface area (Å²) in [5, 5.41) is 0. The monoisotopic (exact) mass is 271 g/mol. The summed E-state index contributed by atoms with van der Waals surface area (Å²) < 4.78 is 0. The number of benzene rings is 1. The first-order chi connectivity index (χ1) is 9.50. The van der Waals surface area contributed by atoms with Gasteiger partial charge in [-0.15, -0.1) is 0 Å². The smallest absolute Gasteiger partial charge is 0.237 e. The lowest BCUT2D eigenvalue weighted by atomic mass is 9.76. The molecule has 0 N–H and O–H groups in total. The van der Waals surface area contributed by atoms with Gasteiger partial charge in [-0.3, -0.25) is 9.59 Å². The standard InChI is InChI=1S/C17H21NO2/c1-10-7-8-13-14(9-10)17(20)18(16(13)19)15-11(2)5-4-6-12(15)3/h4-6,10,13-14H,7-9H2,1-3H3/t10-,13-,14-/m0/s1. The minimum atomic E-state index is -0.0924. The third-order valence-electron chi connectivity index (χ3n) is 4.85. The largest absolute Gasteiger partial charge is 0.274 e. The van der Waals surface area contributed by atoms with Gasteiger partial charge in [0.05, 0.1) is 17.5 Å². The number of rotatable bonds is 1. The maximum absolute atomic E-state index is 12.7. The van der Waals surface area contributed by atoms with Crippen LogP contribution in [0.15, 0.2) is 18.2 Å². The van der Waals surface area contributed by atoms with E-state index in [1.165, 1.54) is 4.90 Å². The quantitative estimate of drug-likeness (QED) is 0.735. The number of aryl methyl sites for hydroxylation is 2. The van der Waals surface area contributed by atoms with E-state index >= 15 is 0 Å². The summed E-state index contributed by atoms with van der Waals surface area (Å²) in [5.41, 5.74) is 2.81. The predicted molar refractivity (Wildman–Crippen MR) is 78.4 cm³/mol. The summed E-state index contributed by atoms with van der Waals surface area (Å²) >= 11 is 0. The van der Waals surface area contributed by atoms with E-state index in [-0.39, 0.29) is 23.7 Å². The minimum Gasteiger partial charge on any atom is -0.274 e. The molecule has 3 heteroatoms. The molecule has 0 radical (unpaired) electrons. The van der Waals surface area contributed by atoms with Gasteiger partial charge in [0.15, 0.2) is 0 Å². The molecule has 1 aromatic carbocycles. The van der Waals surface area contributed by atoms with E-state index in [0.717, 1.165) is 36.1 Å². The molecule has 106 valence electrons. The molecule has 3 atom stereocenters. The summed E-state index contributed by atoms with van der Waals surface area (Å²) in [6.07, 6.45) is 2.77. The number of carbonyl (C=O) groups is 2. The van der Waals surface area contributed by atoms with Crippen molar-refractivity contribution in [3.8, 4) is 0 Å². The van der Waals surface area contributed by atoms with Gasteiger partial charge in [0, 0.05) is 0 Å². The van der Waals surface area contributed by atoms with Gasteiger partial charge in [0.1, 0.15) is 0 Å². The molecular weight excluding hydrogens is 250 g/mol. The maximum atomic E-state index is 12.7. The minimum absolute atomic E-state index is 0.0175. The Bertz CT molecular complexity index is 558. The molecule has 1 saturated heterocycles. The van der Waals surface area contributed by atoms with Crippen molar-refractivity contribution in [2.24, 2.45) is 17.8 Å². The van der Waals surface area contributed by atoms with Crippen LogP contribution in [0.3, 0.4) is 0 Å². The van der Waals surface area contributed by atoms with Crippen molar-refractivity contribution in [1.82, 2.24) is 0 Å². The fourth-order valence-corrected chi connectivity index (χ4v) is 3.77. The summed E-state index contributed by atoms with van der Waals surface area (Å²) in [4.78, 5) is 26.8. The second-order valence-corrected chi connectivity index (χ2v) is 6.38. The molecule has 0 spiro atoms. The van der Waals surface area contributed by atoms with Gasteiger partial charge in [-0.05, 0) is 50.2 Å². The van der Waals surface area contributed by atoms with Crippen molar-refractivity contribution in [2.45, 2.75) is 40.0 Å². The van der Waals surface area contributed by atoms with Gasteiger partial charge < -0.3 is 0 Å². The van der Waals surface area contributed by atoms with Crippen molar-refractivity contribution in [3.63, 3.8) is 0 Å². The fourth-order valence-electron chi connectivity index (χ4n) is 3.77. The molecule has 0 bridgehead atoms. The Hall–Kier alpha value is -1.64. The lowest BCUT2D eigenvalue weighted by Crippen LogP contribution is -2.32. The molecule has 3 nitrogen and oxygen atoms in total. The summed E-state index contributed by atoms with van der Waals surface area (Å²) in [6, 6.07) is 5.90. The van der Waals surface area contributed by atoms with Gasteiger partial charge in [0.2, 0.25) is 11.8 Å². The molecule has 2 aliphatic rings. The normalized spacial score (nSPS) is 29.8. The van der Waals surface area contributed by atoms with Crippen LogP contribution in [0.4, 0.5) is 5.69 Å². The zero-order valence-corrected chi connectivity index (χ0v) is 12.3. The SMILES string of the molecule is Cc1cccc(C)c1N1C(=O)[C@H]2CC[C@H](C)C[C@@H]2C1=O. The molecule has 20 heavy (non-hydrogen) atoms. The summed E-state index contributed by atoms with van der Waals surface area (Å²) in [7, 11) is 0. The number of amides is 2. The van der Waals surface area contributed by atoms with Crippen LogP contribution in [-0.2, 0) is 9.59 Å². The molecule has 2 amide bonds. The highest BCUT2D eigenvalue weighted by Gasteiger charge is 2.50. The highest BCUT2D eigenvalue weighted by molar-refractivity contribution is 6.22. The second kappa shape index (κ2) is 4.72. The summed E-state index contributed by atoms with van der Waals surface area (Å²) in [5.74, 6) is 0.405. The van der Waals surface area contributed by atoms with Crippen LogP contribution in [0.2, 0.25) is 0 Å². The van der Waals surface area contributed by atoms with Crippen molar-refractivity contribution in [3.05, 3.63) is 29.3 Å². The Balaban J connectivity index is 2.03. The van der Waals surface area contributed by atoms with Crippen LogP contribution in [0, 0.1) is 31.6 Å². The van der Waals surface area contributed by atoms with Crippen molar-refractivity contribution >= 4 is 17.5 Å². The average molecular weight is 271 g/mol. The number of hydrogen-bond acceptors (Lipinski definition) is 2. The van der Waals surface area contributed by atoms with Crippen LogP contribution in [0.5, 0.6) is 0 Å². The van der Waals surface area contributed by atoms with E-state index in [1.54, 1.807) is 0 Å². The van der Waals surface area contributed by atoms with Crippen molar-refractivity contribution in [1.29, 1.82) is 0 Å². The lowest BCUT2D eigenvalue weighted by Gasteiger charge is -2.25. The molecule has 1 aliphatic carbocycles. The fraction of sp³-hybridized carbons (Fsp3) is 0.529. The Labute approximate surface area is 120 Å². The number of imide groups is 1. The van der Waals surface area contributed by atoms with Crippen LogP contribution >= 0.6 is 0 Å². The third-order valence-corrected chi connectivity index (χ3v) is 4.85. The first-order valence-corrected chi connectivity index (χ1v) is 7.44. The average Bonchev–Trinajstić information content (AvgIpc) is 2.63. The van der Waals surface area contributed by atoms with Crippen molar-refractivity contribution < 1.29 is 9.59 Å². The first-order valence-electron chi connectivity index (χ1n) is 7.44. The van der Waals surface area contributed by atoms with E-state index < -0.39 is 0 Å². The van der Waals surface area contributed by atoms with Crippen LogP contribution in [0.25, 0.3) is 0 Å². The zero-order chi connectivity index (χ0) is 14.4. The molecule has 1 heterocycles. The number of fused-ring (bicyclic) bond motifs is 1. The molecule has 0 aromatic heterocycles. The highest BCUT2D eigenvalue weighted by atomic mass is 16.2. The topological polar surface area (TPSA) is 37.4 Å². The maximum Gasteiger partial charge on any atom is 0.237 e. The van der Waals surface area contributed by atoms with Crippen LogP contribution in [0.1, 0.15) is 37.3 Å². The molecular formula is C17H21NO2. The molecule has 0 unspecified atom stereocenters. The number of para-hydroxylation sites is 1. The van der Waals surface area contributed by atoms with E-state index in [2.05, 4.69) is 6.92 Å². The van der Waals surface area contributed by atoms with Gasteiger partial charge in [-0.25, -0.2) is 4.90 Å². The number of nitrogens with zero attached hydrogens (tertiary/aromatic N) is 1. The predicted octanol–water partition coefficient (Wildman–Crippen LogP) is 3.23. The van der Waals surface area contributed by atoms with Crippen LogP contribution < -0.4 is 4.90 Å². The molecule has 3 rings (SSSR count). The van der Waals surface area contributed by atoms with E-state index in [1.807, 2.05) is 32.0 Å². The van der Waals surface area contributed by atoms with E-state index in [9.17, 15) is 9.59 Å². The Morgan fingerprint density at radius 1 is 1.00 bits per heavy atom. The van der Waals surface area contributed by atoms with Gasteiger partial charge in [-0.1, -0.05) is 25.1 Å². The highest BCUT2D eigenvalue weighted by Crippen LogP contribution is 2.43. The molecule has 1 aromatic rings. The molecule has 1 saturated carbocycles. The third kappa shape index (κ3) is 1.88. The molecule has 2 fully saturated rings. The number of carbonyl (C=O) groups excluding carboxylic acids is 2.